The second kappa shape index (κ2) is 6.62. The molecule has 1 aliphatic rings. The van der Waals surface area contributed by atoms with Gasteiger partial charge in [0.25, 0.3) is 0 Å². The Balaban J connectivity index is 1.80. The molecule has 0 amide bonds. The van der Waals surface area contributed by atoms with E-state index in [2.05, 4.69) is 4.99 Å². The summed E-state index contributed by atoms with van der Waals surface area (Å²) in [6, 6.07) is 17.4. The van der Waals surface area contributed by atoms with Crippen LogP contribution in [-0.2, 0) is 4.74 Å². The highest BCUT2D eigenvalue weighted by Gasteiger charge is 2.28. The maximum atomic E-state index is 10.1. The molecule has 1 aliphatic heterocycles. The molecule has 22 heavy (non-hydrogen) atoms. The van der Waals surface area contributed by atoms with Crippen LogP contribution in [0.3, 0.4) is 0 Å². The highest BCUT2D eigenvalue weighted by atomic mass is 16.5. The van der Waals surface area contributed by atoms with Crippen LogP contribution in [0.5, 0.6) is 5.75 Å². The zero-order valence-corrected chi connectivity index (χ0v) is 12.5. The van der Waals surface area contributed by atoms with Crippen LogP contribution in [0.1, 0.15) is 24.2 Å². The lowest BCUT2D eigenvalue weighted by Gasteiger charge is -2.28. The van der Waals surface area contributed by atoms with Gasteiger partial charge in [-0.1, -0.05) is 30.3 Å². The Kier molecular flexibility index (Phi) is 4.39. The van der Waals surface area contributed by atoms with Crippen LogP contribution in [0.2, 0.25) is 0 Å². The minimum absolute atomic E-state index is 0.335. The first-order valence-corrected chi connectivity index (χ1v) is 7.45. The van der Waals surface area contributed by atoms with Crippen molar-refractivity contribution in [1.82, 2.24) is 0 Å². The summed E-state index contributed by atoms with van der Waals surface area (Å²) >= 11 is 0. The van der Waals surface area contributed by atoms with Crippen LogP contribution in [-0.4, -0.2) is 30.3 Å². The summed E-state index contributed by atoms with van der Waals surface area (Å²) in [5, 5.41) is 10.1. The van der Waals surface area contributed by atoms with E-state index < -0.39 is 6.10 Å². The van der Waals surface area contributed by atoms with Gasteiger partial charge in [-0.3, -0.25) is 0 Å². The predicted octanol–water partition coefficient (Wildman–Crippen LogP) is 2.96. The summed E-state index contributed by atoms with van der Waals surface area (Å²) in [7, 11) is 0. The lowest BCUT2D eigenvalue weighted by molar-refractivity contribution is 0.0217. The summed E-state index contributed by atoms with van der Waals surface area (Å²) in [4.78, 5) is 4.34. The smallest absolute Gasteiger partial charge is 0.216 e. The average Bonchev–Trinajstić information content (AvgIpc) is 2.57. The topological polar surface area (TPSA) is 51.0 Å². The van der Waals surface area contributed by atoms with Crippen molar-refractivity contribution in [2.45, 2.75) is 19.1 Å². The summed E-state index contributed by atoms with van der Waals surface area (Å²) in [6.45, 7) is 2.93. The van der Waals surface area contributed by atoms with Crippen molar-refractivity contribution in [3.8, 4) is 5.75 Å². The molecule has 0 bridgehead atoms. The van der Waals surface area contributed by atoms with Crippen LogP contribution in [0.4, 0.5) is 0 Å². The minimum atomic E-state index is -0.631. The Morgan fingerprint density at radius 3 is 2.55 bits per heavy atom. The molecule has 114 valence electrons. The zero-order chi connectivity index (χ0) is 15.4. The van der Waals surface area contributed by atoms with E-state index in [0.29, 0.717) is 19.0 Å². The Morgan fingerprint density at radius 2 is 1.86 bits per heavy atom. The second-order valence-corrected chi connectivity index (χ2v) is 5.12. The number of benzene rings is 2. The number of aliphatic hydroxyl groups is 1. The number of ether oxygens (including phenoxy) is 2. The first-order valence-electron chi connectivity index (χ1n) is 7.45. The molecule has 4 heteroatoms. The van der Waals surface area contributed by atoms with Gasteiger partial charge in [0.1, 0.15) is 11.9 Å². The molecular weight excluding hydrogens is 278 g/mol. The molecule has 0 saturated heterocycles. The van der Waals surface area contributed by atoms with Crippen LogP contribution in [0.25, 0.3) is 0 Å². The third kappa shape index (κ3) is 3.12. The van der Waals surface area contributed by atoms with Gasteiger partial charge in [0.15, 0.2) is 6.10 Å². The maximum absolute atomic E-state index is 10.1. The van der Waals surface area contributed by atoms with Crippen LogP contribution in [0, 0.1) is 0 Å². The van der Waals surface area contributed by atoms with Gasteiger partial charge in [-0.15, -0.1) is 0 Å². The fourth-order valence-corrected chi connectivity index (χ4v) is 2.46. The van der Waals surface area contributed by atoms with Gasteiger partial charge >= 0.3 is 0 Å². The third-order valence-corrected chi connectivity index (χ3v) is 3.55. The highest BCUT2D eigenvalue weighted by Crippen LogP contribution is 2.27. The Morgan fingerprint density at radius 1 is 1.14 bits per heavy atom. The number of aliphatic hydroxyl groups excluding tert-OH is 1. The molecule has 0 spiro atoms. The van der Waals surface area contributed by atoms with Crippen molar-refractivity contribution in [3.63, 3.8) is 0 Å². The lowest BCUT2D eigenvalue weighted by atomic mass is 10.0. The average molecular weight is 297 g/mol. The number of hydrogen-bond donors (Lipinski definition) is 1. The SMILES string of the molecule is CCOc1ccc(C2=NCC(O)C(c3ccccc3)O2)cc1. The van der Waals surface area contributed by atoms with Crippen molar-refractivity contribution in [3.05, 3.63) is 65.7 Å². The molecule has 1 heterocycles. The van der Waals surface area contributed by atoms with Gasteiger partial charge in [0.05, 0.1) is 13.2 Å². The second-order valence-electron chi connectivity index (χ2n) is 5.12. The van der Waals surface area contributed by atoms with Crippen LogP contribution in [0.15, 0.2) is 59.6 Å². The molecule has 3 rings (SSSR count). The number of aliphatic imine (C=N–C) groups is 1. The molecule has 2 unspecified atom stereocenters. The largest absolute Gasteiger partial charge is 0.494 e. The number of nitrogens with zero attached hydrogens (tertiary/aromatic N) is 1. The van der Waals surface area contributed by atoms with E-state index in [1.54, 1.807) is 0 Å². The Hall–Kier alpha value is -2.33. The molecule has 0 fully saturated rings. The maximum Gasteiger partial charge on any atom is 0.216 e. The zero-order valence-electron chi connectivity index (χ0n) is 12.5. The van der Waals surface area contributed by atoms with E-state index in [1.807, 2.05) is 61.5 Å². The van der Waals surface area contributed by atoms with E-state index >= 15 is 0 Å². The Labute approximate surface area is 130 Å². The predicted molar refractivity (Wildman–Crippen MR) is 85.3 cm³/mol. The minimum Gasteiger partial charge on any atom is -0.494 e. The lowest BCUT2D eigenvalue weighted by Crippen LogP contribution is -2.31. The molecule has 2 atom stereocenters. The standard InChI is InChI=1S/C18H19NO3/c1-2-21-15-10-8-14(9-11-15)18-19-12-16(20)17(22-18)13-6-4-3-5-7-13/h3-11,16-17,20H,2,12H2,1H3. The van der Waals surface area contributed by atoms with Crippen molar-refractivity contribution >= 4 is 5.90 Å². The molecule has 0 saturated carbocycles. The normalized spacial score (nSPS) is 20.9. The van der Waals surface area contributed by atoms with E-state index in [-0.39, 0.29) is 6.10 Å². The quantitative estimate of drug-likeness (QED) is 0.944. The molecular formula is C18H19NO3. The summed E-state index contributed by atoms with van der Waals surface area (Å²) in [5.74, 6) is 1.38. The van der Waals surface area contributed by atoms with Crippen LogP contribution < -0.4 is 4.74 Å². The van der Waals surface area contributed by atoms with E-state index in [0.717, 1.165) is 16.9 Å². The highest BCUT2D eigenvalue weighted by molar-refractivity contribution is 5.94. The van der Waals surface area contributed by atoms with E-state index in [4.69, 9.17) is 9.47 Å². The van der Waals surface area contributed by atoms with Crippen molar-refractivity contribution < 1.29 is 14.6 Å². The van der Waals surface area contributed by atoms with Crippen molar-refractivity contribution in [2.75, 3.05) is 13.2 Å². The molecule has 2 aromatic carbocycles. The molecule has 4 nitrogen and oxygen atoms in total. The summed E-state index contributed by atoms with van der Waals surface area (Å²) in [6.07, 6.45) is -1.02. The molecule has 0 aromatic heterocycles. The van der Waals surface area contributed by atoms with Gasteiger partial charge in [-0.25, -0.2) is 4.99 Å². The van der Waals surface area contributed by atoms with Gasteiger partial charge < -0.3 is 14.6 Å². The van der Waals surface area contributed by atoms with Crippen molar-refractivity contribution in [2.24, 2.45) is 4.99 Å². The van der Waals surface area contributed by atoms with Gasteiger partial charge in [0.2, 0.25) is 5.90 Å². The van der Waals surface area contributed by atoms with E-state index in [1.165, 1.54) is 0 Å². The number of hydrogen-bond acceptors (Lipinski definition) is 4. The Bertz CT molecular complexity index is 637. The first-order chi connectivity index (χ1) is 10.8. The molecule has 0 aliphatic carbocycles. The molecule has 0 radical (unpaired) electrons. The van der Waals surface area contributed by atoms with Crippen molar-refractivity contribution in [1.29, 1.82) is 0 Å². The summed E-state index contributed by atoms with van der Waals surface area (Å²) in [5.41, 5.74) is 1.84. The van der Waals surface area contributed by atoms with Gasteiger partial charge in [-0.2, -0.15) is 0 Å². The fourth-order valence-electron chi connectivity index (χ4n) is 2.46. The number of rotatable bonds is 4. The summed E-state index contributed by atoms with van der Waals surface area (Å²) < 4.78 is 11.4. The van der Waals surface area contributed by atoms with Gasteiger partial charge in [0, 0.05) is 5.56 Å². The van der Waals surface area contributed by atoms with E-state index in [9.17, 15) is 5.11 Å². The van der Waals surface area contributed by atoms with Crippen LogP contribution >= 0.6 is 0 Å². The molecule has 1 N–H and O–H groups in total. The fraction of sp³-hybridized carbons (Fsp3) is 0.278. The molecule has 2 aromatic rings. The monoisotopic (exact) mass is 297 g/mol. The van der Waals surface area contributed by atoms with Gasteiger partial charge in [-0.05, 0) is 36.8 Å². The first kappa shape index (κ1) is 14.6. The third-order valence-electron chi connectivity index (χ3n) is 3.55.